The third-order valence-corrected chi connectivity index (χ3v) is 2.62. The standard InChI is InChI=1S/C10H11BrN4O/c1-16-9-3-2-8(11)4-7(9)5-15-6-10(12)13-14-15/h2-4,6H,5,12H2,1H3. The van der Waals surface area contributed by atoms with Crippen LogP contribution in [0.15, 0.2) is 28.9 Å². The molecule has 0 radical (unpaired) electrons. The maximum absolute atomic E-state index is 5.50. The van der Waals surface area contributed by atoms with Crippen molar-refractivity contribution in [3.8, 4) is 5.75 Å². The van der Waals surface area contributed by atoms with Crippen molar-refractivity contribution in [3.63, 3.8) is 0 Å². The average Bonchev–Trinajstić information content (AvgIpc) is 2.64. The van der Waals surface area contributed by atoms with Crippen LogP contribution in [0.25, 0.3) is 0 Å². The molecule has 84 valence electrons. The Kier molecular flexibility index (Phi) is 3.09. The molecule has 6 heteroatoms. The minimum Gasteiger partial charge on any atom is -0.496 e. The first-order valence-electron chi connectivity index (χ1n) is 4.67. The Hall–Kier alpha value is -1.56. The molecule has 5 nitrogen and oxygen atoms in total. The number of anilines is 1. The van der Waals surface area contributed by atoms with E-state index in [1.165, 1.54) is 0 Å². The largest absolute Gasteiger partial charge is 0.496 e. The maximum atomic E-state index is 5.50. The summed E-state index contributed by atoms with van der Waals surface area (Å²) in [6.45, 7) is 0.576. The van der Waals surface area contributed by atoms with Gasteiger partial charge in [-0.25, -0.2) is 4.68 Å². The van der Waals surface area contributed by atoms with Crippen molar-refractivity contribution in [2.45, 2.75) is 6.54 Å². The highest BCUT2D eigenvalue weighted by Gasteiger charge is 2.05. The van der Waals surface area contributed by atoms with E-state index in [0.717, 1.165) is 15.8 Å². The molecule has 0 aliphatic heterocycles. The van der Waals surface area contributed by atoms with Crippen LogP contribution in [0.3, 0.4) is 0 Å². The molecule has 0 saturated carbocycles. The van der Waals surface area contributed by atoms with Gasteiger partial charge < -0.3 is 10.5 Å². The first-order chi connectivity index (χ1) is 7.69. The van der Waals surface area contributed by atoms with E-state index in [1.807, 2.05) is 18.2 Å². The fourth-order valence-electron chi connectivity index (χ4n) is 1.44. The smallest absolute Gasteiger partial charge is 0.165 e. The van der Waals surface area contributed by atoms with Crippen LogP contribution in [0.4, 0.5) is 5.82 Å². The third kappa shape index (κ3) is 2.33. The molecule has 0 aliphatic carbocycles. The van der Waals surface area contributed by atoms with E-state index in [-0.39, 0.29) is 0 Å². The lowest BCUT2D eigenvalue weighted by Crippen LogP contribution is -2.02. The summed E-state index contributed by atoms with van der Waals surface area (Å²) in [6, 6.07) is 5.81. The summed E-state index contributed by atoms with van der Waals surface area (Å²) in [7, 11) is 1.64. The van der Waals surface area contributed by atoms with Gasteiger partial charge >= 0.3 is 0 Å². The Balaban J connectivity index is 2.29. The van der Waals surface area contributed by atoms with E-state index in [0.29, 0.717) is 12.4 Å². The van der Waals surface area contributed by atoms with E-state index in [2.05, 4.69) is 26.2 Å². The van der Waals surface area contributed by atoms with Crippen LogP contribution in [0.2, 0.25) is 0 Å². The number of nitrogens with two attached hydrogens (primary N) is 1. The molecule has 0 atom stereocenters. The first kappa shape index (κ1) is 10.9. The quantitative estimate of drug-likeness (QED) is 0.930. The summed E-state index contributed by atoms with van der Waals surface area (Å²) in [5, 5.41) is 7.62. The molecule has 0 spiro atoms. The maximum Gasteiger partial charge on any atom is 0.165 e. The number of halogens is 1. The molecular formula is C10H11BrN4O. The van der Waals surface area contributed by atoms with Gasteiger partial charge in [-0.15, -0.1) is 5.10 Å². The number of hydrogen-bond donors (Lipinski definition) is 1. The second kappa shape index (κ2) is 4.52. The Morgan fingerprint density at radius 3 is 2.94 bits per heavy atom. The van der Waals surface area contributed by atoms with Crippen LogP contribution in [0.1, 0.15) is 5.56 Å². The third-order valence-electron chi connectivity index (χ3n) is 2.13. The van der Waals surface area contributed by atoms with Gasteiger partial charge in [0, 0.05) is 10.0 Å². The lowest BCUT2D eigenvalue weighted by molar-refractivity contribution is 0.407. The lowest BCUT2D eigenvalue weighted by atomic mass is 10.2. The minimum atomic E-state index is 0.411. The zero-order valence-electron chi connectivity index (χ0n) is 8.72. The second-order valence-electron chi connectivity index (χ2n) is 3.30. The van der Waals surface area contributed by atoms with Crippen molar-refractivity contribution in [2.24, 2.45) is 0 Å². The van der Waals surface area contributed by atoms with Gasteiger partial charge in [0.05, 0.1) is 19.9 Å². The number of benzene rings is 1. The van der Waals surface area contributed by atoms with Crippen LogP contribution < -0.4 is 10.5 Å². The molecule has 0 bridgehead atoms. The summed E-state index contributed by atoms with van der Waals surface area (Å²) >= 11 is 3.42. The van der Waals surface area contributed by atoms with Gasteiger partial charge in [0.15, 0.2) is 5.82 Å². The molecule has 0 saturated heterocycles. The monoisotopic (exact) mass is 282 g/mol. The van der Waals surface area contributed by atoms with E-state index in [1.54, 1.807) is 18.0 Å². The molecule has 2 N–H and O–H groups in total. The molecule has 1 aromatic heterocycles. The van der Waals surface area contributed by atoms with Gasteiger partial charge in [-0.1, -0.05) is 21.1 Å². The fraction of sp³-hybridized carbons (Fsp3) is 0.200. The highest BCUT2D eigenvalue weighted by molar-refractivity contribution is 9.10. The summed E-state index contributed by atoms with van der Waals surface area (Å²) in [5.41, 5.74) is 6.51. The number of hydrogen-bond acceptors (Lipinski definition) is 4. The van der Waals surface area contributed by atoms with Crippen LogP contribution >= 0.6 is 15.9 Å². The van der Waals surface area contributed by atoms with E-state index >= 15 is 0 Å². The Labute approximate surface area is 101 Å². The van der Waals surface area contributed by atoms with Crippen molar-refractivity contribution < 1.29 is 4.74 Å². The Morgan fingerprint density at radius 2 is 2.31 bits per heavy atom. The lowest BCUT2D eigenvalue weighted by Gasteiger charge is -2.08. The Bertz CT molecular complexity index is 497. The van der Waals surface area contributed by atoms with E-state index < -0.39 is 0 Å². The van der Waals surface area contributed by atoms with Gasteiger partial charge in [-0.2, -0.15) is 0 Å². The molecule has 1 heterocycles. The highest BCUT2D eigenvalue weighted by Crippen LogP contribution is 2.23. The summed E-state index contributed by atoms with van der Waals surface area (Å²) in [6.07, 6.45) is 1.68. The number of nitrogens with zero attached hydrogens (tertiary/aromatic N) is 3. The van der Waals surface area contributed by atoms with Crippen LogP contribution in [-0.2, 0) is 6.54 Å². The SMILES string of the molecule is COc1ccc(Br)cc1Cn1cc(N)nn1. The second-order valence-corrected chi connectivity index (χ2v) is 4.21. The van der Waals surface area contributed by atoms with Crippen LogP contribution in [0.5, 0.6) is 5.75 Å². The number of ether oxygens (including phenoxy) is 1. The van der Waals surface area contributed by atoms with Gasteiger partial charge in [-0.3, -0.25) is 0 Å². The van der Waals surface area contributed by atoms with Crippen molar-refractivity contribution >= 4 is 21.7 Å². The van der Waals surface area contributed by atoms with Gasteiger partial charge in [-0.05, 0) is 18.2 Å². The number of nitrogen functional groups attached to an aromatic ring is 1. The Morgan fingerprint density at radius 1 is 1.50 bits per heavy atom. The molecule has 2 rings (SSSR count). The average molecular weight is 283 g/mol. The summed E-state index contributed by atoms with van der Waals surface area (Å²) in [5.74, 6) is 1.23. The molecule has 0 aliphatic rings. The van der Waals surface area contributed by atoms with Crippen molar-refractivity contribution in [3.05, 3.63) is 34.4 Å². The predicted molar refractivity (Wildman–Crippen MR) is 64.2 cm³/mol. The molecule has 1 aromatic carbocycles. The normalized spacial score (nSPS) is 10.4. The topological polar surface area (TPSA) is 66.0 Å². The minimum absolute atomic E-state index is 0.411. The first-order valence-corrected chi connectivity index (χ1v) is 5.46. The number of rotatable bonds is 3. The van der Waals surface area contributed by atoms with Gasteiger partial charge in [0.1, 0.15) is 5.75 Å². The molecule has 0 fully saturated rings. The number of methoxy groups -OCH3 is 1. The zero-order valence-corrected chi connectivity index (χ0v) is 10.3. The van der Waals surface area contributed by atoms with Crippen molar-refractivity contribution in [2.75, 3.05) is 12.8 Å². The zero-order chi connectivity index (χ0) is 11.5. The van der Waals surface area contributed by atoms with E-state index in [9.17, 15) is 0 Å². The van der Waals surface area contributed by atoms with Gasteiger partial charge in [0.25, 0.3) is 0 Å². The van der Waals surface area contributed by atoms with Crippen molar-refractivity contribution in [1.29, 1.82) is 0 Å². The molecule has 2 aromatic rings. The summed E-state index contributed by atoms with van der Waals surface area (Å²) in [4.78, 5) is 0. The molecule has 0 amide bonds. The summed E-state index contributed by atoms with van der Waals surface area (Å²) < 4.78 is 7.93. The van der Waals surface area contributed by atoms with Crippen LogP contribution in [0, 0.1) is 0 Å². The highest BCUT2D eigenvalue weighted by atomic mass is 79.9. The predicted octanol–water partition coefficient (Wildman–Crippen LogP) is 1.68. The fourth-order valence-corrected chi connectivity index (χ4v) is 1.84. The van der Waals surface area contributed by atoms with Gasteiger partial charge in [0.2, 0.25) is 0 Å². The number of aromatic nitrogens is 3. The van der Waals surface area contributed by atoms with Crippen molar-refractivity contribution in [1.82, 2.24) is 15.0 Å². The molecular weight excluding hydrogens is 272 g/mol. The van der Waals surface area contributed by atoms with Crippen LogP contribution in [-0.4, -0.2) is 22.1 Å². The molecule has 0 unspecified atom stereocenters. The van der Waals surface area contributed by atoms with E-state index in [4.69, 9.17) is 10.5 Å². The molecule has 16 heavy (non-hydrogen) atoms.